The molecule has 1 rings (SSSR count). The van der Waals surface area contributed by atoms with Crippen molar-refractivity contribution in [2.24, 2.45) is 23.2 Å². The first kappa shape index (κ1) is 18.0. The summed E-state index contributed by atoms with van der Waals surface area (Å²) in [5.74, 6) is 2.10. The zero-order valence-electron chi connectivity index (χ0n) is 14.7. The van der Waals surface area contributed by atoms with Crippen LogP contribution in [0.1, 0.15) is 67.7 Å². The van der Waals surface area contributed by atoms with Gasteiger partial charge in [-0.05, 0) is 63.2 Å². The van der Waals surface area contributed by atoms with Crippen molar-refractivity contribution in [3.63, 3.8) is 0 Å². The van der Waals surface area contributed by atoms with Crippen molar-refractivity contribution in [1.29, 1.82) is 0 Å². The monoisotopic (exact) mass is 284 g/mol. The topological polar surface area (TPSA) is 18.5 Å². The third-order valence-electron chi connectivity index (χ3n) is 5.39. The predicted octanol–water partition coefficient (Wildman–Crippen LogP) is 4.92. The fourth-order valence-electron chi connectivity index (χ4n) is 3.73. The minimum Gasteiger partial charge on any atom is -0.379 e. The van der Waals surface area contributed by atoms with Crippen LogP contribution in [-0.2, 0) is 9.47 Å². The first-order chi connectivity index (χ1) is 9.31. The zero-order valence-corrected chi connectivity index (χ0v) is 14.7. The van der Waals surface area contributed by atoms with Gasteiger partial charge < -0.3 is 9.47 Å². The second-order valence-corrected chi connectivity index (χ2v) is 7.47. The Morgan fingerprint density at radius 3 is 2.35 bits per heavy atom. The molecule has 2 nitrogen and oxygen atoms in total. The molecule has 5 atom stereocenters. The van der Waals surface area contributed by atoms with E-state index in [9.17, 15) is 0 Å². The van der Waals surface area contributed by atoms with Crippen LogP contribution in [-0.4, -0.2) is 25.4 Å². The van der Waals surface area contributed by atoms with Crippen LogP contribution in [0.25, 0.3) is 0 Å². The molecule has 0 aromatic rings. The Balaban J connectivity index is 2.62. The van der Waals surface area contributed by atoms with E-state index >= 15 is 0 Å². The summed E-state index contributed by atoms with van der Waals surface area (Å²) in [6.07, 6.45) is 4.59. The average Bonchev–Trinajstić information content (AvgIpc) is 2.35. The Morgan fingerprint density at radius 1 is 1.15 bits per heavy atom. The minimum absolute atomic E-state index is 0.371. The summed E-state index contributed by atoms with van der Waals surface area (Å²) < 4.78 is 11.7. The molecule has 2 heteroatoms. The molecular formula is C18H36O2. The van der Waals surface area contributed by atoms with Crippen molar-refractivity contribution in [1.82, 2.24) is 0 Å². The summed E-state index contributed by atoms with van der Waals surface area (Å²) in [6, 6.07) is 0. The molecule has 1 aliphatic rings. The maximum atomic E-state index is 5.95. The number of rotatable bonds is 7. The molecule has 1 aliphatic carbocycles. The molecule has 0 aromatic carbocycles. The largest absolute Gasteiger partial charge is 0.379 e. The lowest BCUT2D eigenvalue weighted by Crippen LogP contribution is -2.42. The maximum Gasteiger partial charge on any atom is 0.0605 e. The van der Waals surface area contributed by atoms with Gasteiger partial charge in [0.25, 0.3) is 0 Å². The van der Waals surface area contributed by atoms with E-state index in [4.69, 9.17) is 9.47 Å². The second kappa shape index (κ2) is 7.79. The van der Waals surface area contributed by atoms with Crippen LogP contribution in [0.3, 0.4) is 0 Å². The van der Waals surface area contributed by atoms with Crippen LogP contribution in [0.5, 0.6) is 0 Å². The van der Waals surface area contributed by atoms with E-state index < -0.39 is 0 Å². The van der Waals surface area contributed by atoms with E-state index in [2.05, 4.69) is 48.5 Å². The highest BCUT2D eigenvalue weighted by Gasteiger charge is 2.41. The zero-order chi connectivity index (χ0) is 15.3. The van der Waals surface area contributed by atoms with Gasteiger partial charge in [0.05, 0.1) is 12.2 Å². The summed E-state index contributed by atoms with van der Waals surface area (Å²) in [7, 11) is 0. The quantitative estimate of drug-likeness (QED) is 0.661. The first-order valence-electron chi connectivity index (χ1n) is 8.55. The SMILES string of the molecule is CCOC(C)C(C)CC1CC(C)C(OCC)CC1(C)C. The standard InChI is InChI=1S/C18H36O2/c1-8-19-15(5)13(3)10-16-11-14(4)17(20-9-2)12-18(16,6)7/h13-17H,8-12H2,1-7H3. The molecule has 0 spiro atoms. The van der Waals surface area contributed by atoms with Crippen LogP contribution >= 0.6 is 0 Å². The fraction of sp³-hybridized carbons (Fsp3) is 1.00. The Kier molecular flexibility index (Phi) is 7.00. The van der Waals surface area contributed by atoms with E-state index in [1.54, 1.807) is 0 Å². The molecule has 1 fully saturated rings. The molecule has 5 unspecified atom stereocenters. The molecule has 0 radical (unpaired) electrons. The Bertz CT molecular complexity index is 275. The predicted molar refractivity (Wildman–Crippen MR) is 86.0 cm³/mol. The van der Waals surface area contributed by atoms with E-state index in [0.717, 1.165) is 19.1 Å². The highest BCUT2D eigenvalue weighted by molar-refractivity contribution is 4.91. The van der Waals surface area contributed by atoms with E-state index in [1.165, 1.54) is 19.3 Å². The number of hydrogen-bond acceptors (Lipinski definition) is 2. The van der Waals surface area contributed by atoms with Crippen LogP contribution in [0, 0.1) is 23.2 Å². The molecule has 120 valence electrons. The second-order valence-electron chi connectivity index (χ2n) is 7.47. The van der Waals surface area contributed by atoms with Gasteiger partial charge in [0.15, 0.2) is 0 Å². The number of ether oxygens (including phenoxy) is 2. The Hall–Kier alpha value is -0.0800. The lowest BCUT2D eigenvalue weighted by Gasteiger charge is -2.46. The van der Waals surface area contributed by atoms with Gasteiger partial charge in [-0.15, -0.1) is 0 Å². The third-order valence-corrected chi connectivity index (χ3v) is 5.39. The van der Waals surface area contributed by atoms with Crippen molar-refractivity contribution in [2.45, 2.75) is 79.9 Å². The van der Waals surface area contributed by atoms with Crippen LogP contribution in [0.2, 0.25) is 0 Å². The molecule has 0 amide bonds. The Morgan fingerprint density at radius 2 is 1.80 bits per heavy atom. The third kappa shape index (κ3) is 4.73. The van der Waals surface area contributed by atoms with Crippen LogP contribution in [0.15, 0.2) is 0 Å². The normalized spacial score (nSPS) is 32.9. The summed E-state index contributed by atoms with van der Waals surface area (Å²) in [5.41, 5.74) is 0.381. The first-order valence-corrected chi connectivity index (χ1v) is 8.55. The van der Waals surface area contributed by atoms with Crippen molar-refractivity contribution < 1.29 is 9.47 Å². The van der Waals surface area contributed by atoms with Gasteiger partial charge in [-0.3, -0.25) is 0 Å². The molecule has 0 aromatic heterocycles. The van der Waals surface area contributed by atoms with Gasteiger partial charge in [0.1, 0.15) is 0 Å². The molecular weight excluding hydrogens is 248 g/mol. The van der Waals surface area contributed by atoms with E-state index in [-0.39, 0.29) is 0 Å². The summed E-state index contributed by atoms with van der Waals surface area (Å²) >= 11 is 0. The summed E-state index contributed by atoms with van der Waals surface area (Å²) in [4.78, 5) is 0. The number of hydrogen-bond donors (Lipinski definition) is 0. The Labute approximate surface area is 126 Å². The lowest BCUT2D eigenvalue weighted by atomic mass is 9.62. The molecule has 0 bridgehead atoms. The van der Waals surface area contributed by atoms with E-state index in [1.807, 2.05) is 0 Å². The van der Waals surface area contributed by atoms with E-state index in [0.29, 0.717) is 29.5 Å². The van der Waals surface area contributed by atoms with Gasteiger partial charge in [-0.2, -0.15) is 0 Å². The maximum absolute atomic E-state index is 5.95. The highest BCUT2D eigenvalue weighted by atomic mass is 16.5. The van der Waals surface area contributed by atoms with Crippen molar-refractivity contribution in [2.75, 3.05) is 13.2 Å². The van der Waals surface area contributed by atoms with Gasteiger partial charge in [-0.25, -0.2) is 0 Å². The molecule has 0 saturated heterocycles. The molecule has 20 heavy (non-hydrogen) atoms. The molecule has 0 N–H and O–H groups in total. The smallest absolute Gasteiger partial charge is 0.0605 e. The van der Waals surface area contributed by atoms with Crippen molar-refractivity contribution in [3.8, 4) is 0 Å². The highest BCUT2D eigenvalue weighted by Crippen LogP contribution is 2.47. The average molecular weight is 284 g/mol. The summed E-state index contributed by atoms with van der Waals surface area (Å²) in [5, 5.41) is 0. The summed E-state index contributed by atoms with van der Waals surface area (Å²) in [6.45, 7) is 17.6. The van der Waals surface area contributed by atoms with Gasteiger partial charge in [0.2, 0.25) is 0 Å². The minimum atomic E-state index is 0.371. The van der Waals surface area contributed by atoms with Crippen molar-refractivity contribution >= 4 is 0 Å². The fourth-order valence-corrected chi connectivity index (χ4v) is 3.73. The van der Waals surface area contributed by atoms with Crippen molar-refractivity contribution in [3.05, 3.63) is 0 Å². The molecule has 0 aliphatic heterocycles. The van der Waals surface area contributed by atoms with Gasteiger partial charge in [0, 0.05) is 13.2 Å². The van der Waals surface area contributed by atoms with Gasteiger partial charge in [-0.1, -0.05) is 27.7 Å². The molecule has 0 heterocycles. The molecule has 1 saturated carbocycles. The lowest BCUT2D eigenvalue weighted by molar-refractivity contribution is -0.0693. The van der Waals surface area contributed by atoms with Crippen LogP contribution < -0.4 is 0 Å². The van der Waals surface area contributed by atoms with Gasteiger partial charge >= 0.3 is 0 Å². The van der Waals surface area contributed by atoms with Crippen LogP contribution in [0.4, 0.5) is 0 Å².